The number of aryl methyl sites for hydroxylation is 2. The average Bonchev–Trinajstić information content (AvgIpc) is 3.31. The lowest BCUT2D eigenvalue weighted by Gasteiger charge is -2.36. The summed E-state index contributed by atoms with van der Waals surface area (Å²) in [4.78, 5) is 13.1. The van der Waals surface area contributed by atoms with Crippen molar-refractivity contribution in [2.45, 2.75) is 77.9 Å². The van der Waals surface area contributed by atoms with Crippen molar-refractivity contribution in [2.75, 3.05) is 0 Å². The summed E-state index contributed by atoms with van der Waals surface area (Å²) in [7, 11) is -1.89. The fraction of sp³-hybridized carbons (Fsp3) is 0.444. The van der Waals surface area contributed by atoms with E-state index in [1.54, 1.807) is 0 Å². The fourth-order valence-electron chi connectivity index (χ4n) is 3.57. The van der Waals surface area contributed by atoms with Gasteiger partial charge in [-0.2, -0.15) is 0 Å². The third kappa shape index (κ3) is 5.26. The molecule has 3 rings (SSSR count). The summed E-state index contributed by atoms with van der Waals surface area (Å²) in [6.45, 7) is 17.0. The van der Waals surface area contributed by atoms with Gasteiger partial charge < -0.3 is 13.3 Å². The molecule has 32 heavy (non-hydrogen) atoms. The predicted octanol–water partition coefficient (Wildman–Crippen LogP) is 7.38. The van der Waals surface area contributed by atoms with E-state index in [0.717, 1.165) is 34.4 Å². The lowest BCUT2D eigenvalue weighted by molar-refractivity contribution is -0.119. The number of Topliss-reactive ketones (excluding diaryl/α,β-unsaturated/α-hetero) is 1. The molecule has 172 valence electrons. The first-order valence-corrected chi connectivity index (χ1v) is 14.1. The number of ketones is 1. The summed E-state index contributed by atoms with van der Waals surface area (Å²) in [6, 6.07) is 15.7. The lowest BCUT2D eigenvalue weighted by atomic mass is 9.79. The molecule has 0 spiro atoms. The van der Waals surface area contributed by atoms with Crippen LogP contribution in [0.4, 0.5) is 0 Å². The Morgan fingerprint density at radius 1 is 0.844 bits per heavy atom. The summed E-state index contributed by atoms with van der Waals surface area (Å²) in [5.41, 5.74) is 0.330. The molecule has 0 N–H and O–H groups in total. The van der Waals surface area contributed by atoms with E-state index >= 15 is 0 Å². The maximum absolute atomic E-state index is 13.1. The normalized spacial score (nSPS) is 12.8. The van der Waals surface area contributed by atoms with Crippen molar-refractivity contribution in [1.29, 1.82) is 0 Å². The zero-order valence-corrected chi connectivity index (χ0v) is 21.7. The molecule has 4 nitrogen and oxygen atoms in total. The van der Waals surface area contributed by atoms with Crippen LogP contribution in [-0.4, -0.2) is 14.1 Å². The quantitative estimate of drug-likeness (QED) is 0.335. The molecule has 5 heteroatoms. The van der Waals surface area contributed by atoms with Crippen LogP contribution in [0.15, 0.2) is 57.4 Å². The summed E-state index contributed by atoms with van der Waals surface area (Å²) in [5.74, 6) is 4.13. The number of hydrogen-bond donors (Lipinski definition) is 0. The lowest BCUT2D eigenvalue weighted by Crippen LogP contribution is -2.43. The molecule has 0 atom stereocenters. The van der Waals surface area contributed by atoms with Crippen LogP contribution >= 0.6 is 0 Å². The van der Waals surface area contributed by atoms with Gasteiger partial charge in [0.25, 0.3) is 0 Å². The third-order valence-corrected chi connectivity index (χ3v) is 11.0. The molecule has 0 aliphatic carbocycles. The molecular weight excluding hydrogens is 416 g/mol. The molecular formula is C27H36O4Si. The second-order valence-corrected chi connectivity index (χ2v) is 15.3. The second kappa shape index (κ2) is 8.78. The van der Waals surface area contributed by atoms with Crippen molar-refractivity contribution in [3.8, 4) is 5.75 Å². The number of carbonyl (C=O) groups is 1. The van der Waals surface area contributed by atoms with Crippen molar-refractivity contribution >= 4 is 14.1 Å². The van der Waals surface area contributed by atoms with Crippen LogP contribution in [0.1, 0.15) is 62.7 Å². The van der Waals surface area contributed by atoms with Crippen molar-refractivity contribution in [3.63, 3.8) is 0 Å². The van der Waals surface area contributed by atoms with Gasteiger partial charge in [-0.25, -0.2) is 0 Å². The van der Waals surface area contributed by atoms with Gasteiger partial charge in [-0.1, -0.05) is 32.9 Å². The highest BCUT2D eigenvalue weighted by Gasteiger charge is 2.39. The Labute approximate surface area is 193 Å². The van der Waals surface area contributed by atoms with Crippen LogP contribution in [0.25, 0.3) is 0 Å². The number of benzene rings is 1. The SMILES string of the molecule is Cc1ccc(C(C)(CC(=O)Cc2ccc(O[Si](C)(C)C(C)(C)C)cc2)c2ccc(C)o2)o1. The molecule has 0 amide bonds. The van der Waals surface area contributed by atoms with Crippen LogP contribution in [0.2, 0.25) is 18.1 Å². The first kappa shape index (κ1) is 24.1. The van der Waals surface area contributed by atoms with E-state index in [9.17, 15) is 4.79 Å². The Hall–Kier alpha value is -2.53. The minimum atomic E-state index is -1.89. The van der Waals surface area contributed by atoms with Gasteiger partial charge in [-0.15, -0.1) is 0 Å². The van der Waals surface area contributed by atoms with Gasteiger partial charge in [0.15, 0.2) is 0 Å². The number of hydrogen-bond acceptors (Lipinski definition) is 4. The minimum Gasteiger partial charge on any atom is -0.544 e. The van der Waals surface area contributed by atoms with E-state index < -0.39 is 13.7 Å². The van der Waals surface area contributed by atoms with Crippen molar-refractivity contribution in [2.24, 2.45) is 0 Å². The van der Waals surface area contributed by atoms with Crippen molar-refractivity contribution in [1.82, 2.24) is 0 Å². The zero-order chi connectivity index (χ0) is 23.7. The van der Waals surface area contributed by atoms with Crippen LogP contribution in [0.3, 0.4) is 0 Å². The third-order valence-electron chi connectivity index (χ3n) is 6.62. The van der Waals surface area contributed by atoms with E-state index in [1.807, 2.05) is 69.3 Å². The van der Waals surface area contributed by atoms with Crippen LogP contribution in [0.5, 0.6) is 5.75 Å². The molecule has 2 heterocycles. The van der Waals surface area contributed by atoms with E-state index in [-0.39, 0.29) is 10.8 Å². The number of carbonyl (C=O) groups excluding carboxylic acids is 1. The van der Waals surface area contributed by atoms with Gasteiger partial charge in [0, 0.05) is 12.8 Å². The molecule has 0 bridgehead atoms. The molecule has 0 aliphatic rings. The summed E-state index contributed by atoms with van der Waals surface area (Å²) < 4.78 is 18.2. The Morgan fingerprint density at radius 2 is 1.34 bits per heavy atom. The Morgan fingerprint density at radius 3 is 1.75 bits per heavy atom. The fourth-order valence-corrected chi connectivity index (χ4v) is 4.60. The van der Waals surface area contributed by atoms with Crippen molar-refractivity contribution < 1.29 is 18.1 Å². The summed E-state index contributed by atoms with van der Waals surface area (Å²) >= 11 is 0. The maximum Gasteiger partial charge on any atom is 0.250 e. The molecule has 2 aromatic heterocycles. The van der Waals surface area contributed by atoms with Crippen LogP contribution in [0, 0.1) is 13.8 Å². The highest BCUT2D eigenvalue weighted by atomic mass is 28.4. The average molecular weight is 453 g/mol. The topological polar surface area (TPSA) is 52.6 Å². The monoisotopic (exact) mass is 452 g/mol. The Bertz CT molecular complexity index is 1020. The Kier molecular flexibility index (Phi) is 6.61. The molecule has 0 aliphatic heterocycles. The first-order chi connectivity index (χ1) is 14.8. The second-order valence-electron chi connectivity index (χ2n) is 10.6. The largest absolute Gasteiger partial charge is 0.544 e. The number of furan rings is 2. The molecule has 0 saturated carbocycles. The molecule has 0 fully saturated rings. The van der Waals surface area contributed by atoms with E-state index in [0.29, 0.717) is 12.8 Å². The molecule has 0 radical (unpaired) electrons. The predicted molar refractivity (Wildman–Crippen MR) is 131 cm³/mol. The highest BCUT2D eigenvalue weighted by molar-refractivity contribution is 6.74. The van der Waals surface area contributed by atoms with Crippen molar-refractivity contribution in [3.05, 3.63) is 77.1 Å². The summed E-state index contributed by atoms with van der Waals surface area (Å²) in [5, 5.41) is 0.139. The smallest absolute Gasteiger partial charge is 0.250 e. The number of rotatable bonds is 8. The molecule has 1 aromatic carbocycles. The van der Waals surface area contributed by atoms with Crippen LogP contribution < -0.4 is 4.43 Å². The molecule has 0 saturated heterocycles. The molecule has 3 aromatic rings. The van der Waals surface area contributed by atoms with Crippen LogP contribution in [-0.2, 0) is 16.6 Å². The van der Waals surface area contributed by atoms with Gasteiger partial charge >= 0.3 is 0 Å². The Balaban J connectivity index is 1.74. The zero-order valence-electron chi connectivity index (χ0n) is 20.7. The summed E-state index contributed by atoms with van der Waals surface area (Å²) in [6.07, 6.45) is 0.657. The highest BCUT2D eigenvalue weighted by Crippen LogP contribution is 2.39. The minimum absolute atomic E-state index is 0.133. The first-order valence-electron chi connectivity index (χ1n) is 11.2. The van der Waals surface area contributed by atoms with Gasteiger partial charge in [0.1, 0.15) is 34.6 Å². The van der Waals surface area contributed by atoms with Gasteiger partial charge in [0.05, 0.1) is 5.41 Å². The van der Waals surface area contributed by atoms with Gasteiger partial charge in [-0.3, -0.25) is 4.79 Å². The van der Waals surface area contributed by atoms with E-state index in [2.05, 4.69) is 33.9 Å². The standard InChI is InChI=1S/C27H36O4Si/c1-19-9-15-24(29-19)27(6,25-16-10-20(2)30-25)18-22(28)17-21-11-13-23(14-12-21)31-32(7,8)26(3,4)5/h9-16H,17-18H2,1-8H3. The van der Waals surface area contributed by atoms with Gasteiger partial charge in [-0.05, 0) is 80.9 Å². The van der Waals surface area contributed by atoms with Gasteiger partial charge in [0.2, 0.25) is 8.32 Å². The van der Waals surface area contributed by atoms with E-state index in [4.69, 9.17) is 13.3 Å². The van der Waals surface area contributed by atoms with E-state index in [1.165, 1.54) is 0 Å². The molecule has 0 unspecified atom stereocenters. The maximum atomic E-state index is 13.1.